The molecule has 2 fully saturated rings. The van der Waals surface area contributed by atoms with Gasteiger partial charge in [-0.15, -0.1) is 0 Å². The normalized spacial score (nSPS) is 21.4. The molecule has 1 aromatic heterocycles. The van der Waals surface area contributed by atoms with Gasteiger partial charge in [-0.3, -0.25) is 14.6 Å². The Morgan fingerprint density at radius 3 is 2.80 bits per heavy atom. The smallest absolute Gasteiger partial charge is 0.249 e. The zero-order valence-electron chi connectivity index (χ0n) is 11.7. The van der Waals surface area contributed by atoms with E-state index in [4.69, 9.17) is 0 Å². The lowest BCUT2D eigenvalue weighted by Crippen LogP contribution is -2.65. The van der Waals surface area contributed by atoms with E-state index in [1.807, 2.05) is 13.0 Å². The first-order valence-electron chi connectivity index (χ1n) is 7.11. The summed E-state index contributed by atoms with van der Waals surface area (Å²) in [6.07, 6.45) is 7.06. The topological polar surface area (TPSA) is 62.3 Å². The quantitative estimate of drug-likeness (QED) is 0.879. The molecule has 1 N–H and O–H groups in total. The van der Waals surface area contributed by atoms with E-state index in [9.17, 15) is 9.59 Å². The highest BCUT2D eigenvalue weighted by molar-refractivity contribution is 5.98. The van der Waals surface area contributed by atoms with Crippen LogP contribution in [0, 0.1) is 6.92 Å². The zero-order valence-corrected chi connectivity index (χ0v) is 11.7. The lowest BCUT2D eigenvalue weighted by Gasteiger charge is -2.39. The maximum absolute atomic E-state index is 12.7. The fraction of sp³-hybridized carbons (Fsp3) is 0.533. The highest BCUT2D eigenvalue weighted by atomic mass is 16.2. The summed E-state index contributed by atoms with van der Waals surface area (Å²) in [5.41, 5.74) is 1.47. The Kier molecular flexibility index (Phi) is 3.20. The third-order valence-corrected chi connectivity index (χ3v) is 4.36. The molecule has 0 unspecified atom stereocenters. The molecule has 1 saturated heterocycles. The number of aromatic nitrogens is 1. The molecule has 0 atom stereocenters. The molecule has 20 heavy (non-hydrogen) atoms. The van der Waals surface area contributed by atoms with Gasteiger partial charge in [-0.05, 0) is 37.0 Å². The third kappa shape index (κ3) is 2.17. The number of nitrogens with one attached hydrogen (secondary N) is 1. The molecule has 2 heterocycles. The molecule has 0 bridgehead atoms. The summed E-state index contributed by atoms with van der Waals surface area (Å²) in [4.78, 5) is 30.4. The van der Waals surface area contributed by atoms with Crippen molar-refractivity contribution in [3.05, 3.63) is 29.6 Å². The summed E-state index contributed by atoms with van der Waals surface area (Å²) < 4.78 is 0. The van der Waals surface area contributed by atoms with E-state index < -0.39 is 5.54 Å². The number of amides is 2. The van der Waals surface area contributed by atoms with E-state index in [0.717, 1.165) is 36.8 Å². The predicted octanol–water partition coefficient (Wildman–Crippen LogP) is 1.16. The van der Waals surface area contributed by atoms with Crippen molar-refractivity contribution < 1.29 is 9.59 Å². The standard InChI is InChI=1S/C15H19N3O2/c1-11-8-16-7-4-12(11)9-18-10-13(19)17-15(14(18)20)5-2-3-6-15/h4,7-8H,2-3,5-6,9-10H2,1H3,(H,17,19). The number of aryl methyl sites for hydroxylation is 1. The summed E-state index contributed by atoms with van der Waals surface area (Å²) in [6.45, 7) is 2.62. The highest BCUT2D eigenvalue weighted by Gasteiger charge is 2.48. The van der Waals surface area contributed by atoms with Gasteiger partial charge in [0.05, 0.1) is 6.54 Å². The van der Waals surface area contributed by atoms with Crippen LogP contribution in [0.2, 0.25) is 0 Å². The number of nitrogens with zero attached hydrogens (tertiary/aromatic N) is 2. The fourth-order valence-electron chi connectivity index (χ4n) is 3.24. The second-order valence-corrected chi connectivity index (χ2v) is 5.80. The molecule has 2 aliphatic rings. The van der Waals surface area contributed by atoms with Gasteiger partial charge >= 0.3 is 0 Å². The first-order chi connectivity index (χ1) is 9.61. The monoisotopic (exact) mass is 273 g/mol. The first kappa shape index (κ1) is 13.1. The van der Waals surface area contributed by atoms with Crippen LogP contribution in [0.15, 0.2) is 18.5 Å². The molecule has 1 aliphatic heterocycles. The van der Waals surface area contributed by atoms with Crippen LogP contribution in [-0.4, -0.2) is 33.8 Å². The van der Waals surface area contributed by atoms with Crippen LogP contribution in [0.25, 0.3) is 0 Å². The molecule has 5 heteroatoms. The second-order valence-electron chi connectivity index (χ2n) is 5.80. The number of carbonyl (C=O) groups excluding carboxylic acids is 2. The summed E-state index contributed by atoms with van der Waals surface area (Å²) in [5.74, 6) is 0.0315. The molecular formula is C15H19N3O2. The van der Waals surface area contributed by atoms with Crippen molar-refractivity contribution in [1.29, 1.82) is 0 Å². The van der Waals surface area contributed by atoms with Crippen LogP contribution in [-0.2, 0) is 16.1 Å². The largest absolute Gasteiger partial charge is 0.340 e. The summed E-state index contributed by atoms with van der Waals surface area (Å²) in [6, 6.07) is 1.91. The SMILES string of the molecule is Cc1cnccc1CN1CC(=O)NC2(CCCC2)C1=O. The lowest BCUT2D eigenvalue weighted by atomic mass is 9.92. The molecule has 2 amide bonds. The fourth-order valence-corrected chi connectivity index (χ4v) is 3.24. The Morgan fingerprint density at radius 1 is 1.35 bits per heavy atom. The van der Waals surface area contributed by atoms with Gasteiger partial charge in [0.25, 0.3) is 0 Å². The summed E-state index contributed by atoms with van der Waals surface area (Å²) in [7, 11) is 0. The molecule has 3 rings (SSSR count). The van der Waals surface area contributed by atoms with Gasteiger partial charge in [0, 0.05) is 18.9 Å². The van der Waals surface area contributed by atoms with Crippen molar-refractivity contribution >= 4 is 11.8 Å². The number of pyridine rings is 1. The van der Waals surface area contributed by atoms with Crippen molar-refractivity contribution in [2.24, 2.45) is 0 Å². The van der Waals surface area contributed by atoms with E-state index in [1.54, 1.807) is 17.3 Å². The van der Waals surface area contributed by atoms with Gasteiger partial charge < -0.3 is 10.2 Å². The molecule has 5 nitrogen and oxygen atoms in total. The summed E-state index contributed by atoms with van der Waals surface area (Å²) >= 11 is 0. The maximum atomic E-state index is 12.7. The van der Waals surface area contributed by atoms with Crippen LogP contribution in [0.1, 0.15) is 36.8 Å². The highest BCUT2D eigenvalue weighted by Crippen LogP contribution is 2.33. The van der Waals surface area contributed by atoms with Crippen molar-refractivity contribution in [1.82, 2.24) is 15.2 Å². The second kappa shape index (κ2) is 4.89. The van der Waals surface area contributed by atoms with E-state index >= 15 is 0 Å². The number of rotatable bonds is 2. The average molecular weight is 273 g/mol. The van der Waals surface area contributed by atoms with E-state index in [1.165, 1.54) is 0 Å². The number of piperazine rings is 1. The number of hydrogen-bond donors (Lipinski definition) is 1. The van der Waals surface area contributed by atoms with Gasteiger partial charge in [-0.25, -0.2) is 0 Å². The number of hydrogen-bond acceptors (Lipinski definition) is 3. The Hall–Kier alpha value is -1.91. The molecule has 0 aromatic carbocycles. The van der Waals surface area contributed by atoms with Crippen LogP contribution < -0.4 is 5.32 Å². The van der Waals surface area contributed by atoms with Crippen molar-refractivity contribution in [3.63, 3.8) is 0 Å². The van der Waals surface area contributed by atoms with Gasteiger partial charge in [-0.1, -0.05) is 12.8 Å². The average Bonchev–Trinajstić information content (AvgIpc) is 2.87. The molecule has 106 valence electrons. The van der Waals surface area contributed by atoms with Gasteiger partial charge in [-0.2, -0.15) is 0 Å². The molecule has 1 aliphatic carbocycles. The Bertz CT molecular complexity index is 550. The van der Waals surface area contributed by atoms with Gasteiger partial charge in [0.1, 0.15) is 5.54 Å². The van der Waals surface area contributed by atoms with Crippen molar-refractivity contribution in [2.75, 3.05) is 6.54 Å². The van der Waals surface area contributed by atoms with Crippen molar-refractivity contribution in [3.8, 4) is 0 Å². The van der Waals surface area contributed by atoms with Crippen LogP contribution >= 0.6 is 0 Å². The minimum Gasteiger partial charge on any atom is -0.340 e. The Balaban J connectivity index is 1.84. The Labute approximate surface area is 118 Å². The molecule has 1 aromatic rings. The first-order valence-corrected chi connectivity index (χ1v) is 7.11. The number of carbonyl (C=O) groups is 2. The minimum atomic E-state index is -0.629. The maximum Gasteiger partial charge on any atom is 0.249 e. The van der Waals surface area contributed by atoms with Crippen LogP contribution in [0.5, 0.6) is 0 Å². The molecular weight excluding hydrogens is 254 g/mol. The van der Waals surface area contributed by atoms with E-state index in [0.29, 0.717) is 6.54 Å². The lowest BCUT2D eigenvalue weighted by molar-refractivity contribution is -0.150. The van der Waals surface area contributed by atoms with E-state index in [2.05, 4.69) is 10.3 Å². The third-order valence-electron chi connectivity index (χ3n) is 4.36. The summed E-state index contributed by atoms with van der Waals surface area (Å²) in [5, 5.41) is 2.93. The molecule has 0 radical (unpaired) electrons. The molecule has 1 spiro atoms. The van der Waals surface area contributed by atoms with Crippen LogP contribution in [0.4, 0.5) is 0 Å². The van der Waals surface area contributed by atoms with Gasteiger partial charge in [0.15, 0.2) is 0 Å². The Morgan fingerprint density at radius 2 is 2.10 bits per heavy atom. The molecule has 1 saturated carbocycles. The van der Waals surface area contributed by atoms with Gasteiger partial charge in [0.2, 0.25) is 11.8 Å². The van der Waals surface area contributed by atoms with E-state index in [-0.39, 0.29) is 18.4 Å². The minimum absolute atomic E-state index is 0.0433. The van der Waals surface area contributed by atoms with Crippen molar-refractivity contribution in [2.45, 2.75) is 44.7 Å². The zero-order chi connectivity index (χ0) is 14.2. The predicted molar refractivity (Wildman–Crippen MR) is 73.7 cm³/mol. The van der Waals surface area contributed by atoms with Crippen LogP contribution in [0.3, 0.4) is 0 Å².